The van der Waals surface area contributed by atoms with E-state index in [-0.39, 0.29) is 25.1 Å². The van der Waals surface area contributed by atoms with Gasteiger partial charge >= 0.3 is 115 Å². The zero-order chi connectivity index (χ0) is 13.0. The summed E-state index contributed by atoms with van der Waals surface area (Å²) >= 11 is 0.247. The average Bonchev–Trinajstić information content (AvgIpc) is 1.97. The van der Waals surface area contributed by atoms with E-state index in [1.165, 1.54) is 0 Å². The molecule has 92 valence electrons. The van der Waals surface area contributed by atoms with E-state index in [9.17, 15) is 0 Å². The molecule has 0 atom stereocenters. The van der Waals surface area contributed by atoms with Crippen LogP contribution >= 0.6 is 0 Å². The molecule has 0 amide bonds. The Kier molecular flexibility index (Phi) is 7.04. The van der Waals surface area contributed by atoms with E-state index in [1.54, 1.807) is 0 Å². The Balaban J connectivity index is 4.78. The van der Waals surface area contributed by atoms with Crippen molar-refractivity contribution in [2.45, 2.75) is 52.4 Å². The fraction of sp³-hybridized carbons (Fsp3) is 0.667. The van der Waals surface area contributed by atoms with Crippen molar-refractivity contribution in [2.75, 3.05) is 0 Å². The number of allylic oxidation sites excluding steroid dienone is 2. The van der Waals surface area contributed by atoms with Crippen LogP contribution in [0, 0.1) is 0 Å². The van der Waals surface area contributed by atoms with E-state index < -0.39 is 16.1 Å². The van der Waals surface area contributed by atoms with Crippen molar-refractivity contribution >= 4 is 22.8 Å². The van der Waals surface area contributed by atoms with Crippen LogP contribution in [-0.2, 0) is 18.4 Å². The molecule has 0 aromatic rings. The van der Waals surface area contributed by atoms with Crippen LogP contribution < -0.4 is 0 Å². The number of hydrogen-bond acceptors (Lipinski definition) is 0. The van der Waals surface area contributed by atoms with Gasteiger partial charge in [-0.15, -0.1) is 0 Å². The van der Waals surface area contributed by atoms with E-state index in [0.717, 1.165) is 0 Å². The fourth-order valence-electron chi connectivity index (χ4n) is 1.26. The SMILES string of the molecule is C[SiH](C)[Ti][C](=CC=C[Si](C)(C)C)[Si](C)(C)C. The molecule has 0 saturated carbocycles. The third kappa shape index (κ3) is 8.94. The van der Waals surface area contributed by atoms with Crippen molar-refractivity contribution in [2.24, 2.45) is 0 Å². The second-order valence-electron chi connectivity index (χ2n) is 6.85. The van der Waals surface area contributed by atoms with Crippen LogP contribution in [0.5, 0.6) is 0 Å². The Morgan fingerprint density at radius 2 is 1.50 bits per heavy atom. The van der Waals surface area contributed by atoms with Gasteiger partial charge in [0.2, 0.25) is 0 Å². The molecule has 0 rings (SSSR count). The molecule has 0 N–H and O–H groups in total. The third-order valence-electron chi connectivity index (χ3n) is 2.11. The minimum atomic E-state index is -1.03. The summed E-state index contributed by atoms with van der Waals surface area (Å²) in [4.78, 5) is 0. The molecule has 0 aromatic heterocycles. The molecular formula is C12H28Si3Ti. The number of rotatable bonds is 5. The van der Waals surface area contributed by atoms with Crippen LogP contribution in [0.4, 0.5) is 0 Å². The van der Waals surface area contributed by atoms with Crippen molar-refractivity contribution < 1.29 is 18.4 Å². The standard InChI is InChI=1S/C10H21Si2.C2H7Si.Ti/c1-11(2,3)9-7-8-10-12(4,5)6;1-3-2;/h7-9H,1-6H3;3H,1-2H3;. The van der Waals surface area contributed by atoms with Crippen LogP contribution in [-0.4, -0.2) is 22.8 Å². The van der Waals surface area contributed by atoms with Crippen LogP contribution in [0.2, 0.25) is 52.4 Å². The van der Waals surface area contributed by atoms with Gasteiger partial charge in [-0.3, -0.25) is 0 Å². The predicted molar refractivity (Wildman–Crippen MR) is 82.8 cm³/mol. The van der Waals surface area contributed by atoms with Gasteiger partial charge in [0, 0.05) is 0 Å². The molecule has 0 aliphatic carbocycles. The molecule has 0 aromatic carbocycles. The van der Waals surface area contributed by atoms with Crippen molar-refractivity contribution in [3.05, 3.63) is 21.4 Å². The monoisotopic (exact) mass is 304 g/mol. The molecule has 0 nitrogen and oxygen atoms in total. The maximum atomic E-state index is 2.51. The van der Waals surface area contributed by atoms with Gasteiger partial charge in [-0.1, -0.05) is 0 Å². The average molecular weight is 304 g/mol. The molecule has 0 aliphatic heterocycles. The maximum absolute atomic E-state index is 2.51. The summed E-state index contributed by atoms with van der Waals surface area (Å²) in [5.41, 5.74) is 2.47. The first-order valence-electron chi connectivity index (χ1n) is 6.19. The quantitative estimate of drug-likeness (QED) is 0.526. The van der Waals surface area contributed by atoms with Gasteiger partial charge in [0.15, 0.2) is 0 Å². The van der Waals surface area contributed by atoms with Crippen molar-refractivity contribution in [1.29, 1.82) is 0 Å². The van der Waals surface area contributed by atoms with E-state index >= 15 is 0 Å². The van der Waals surface area contributed by atoms with Crippen LogP contribution in [0.3, 0.4) is 0 Å². The summed E-state index contributed by atoms with van der Waals surface area (Å²) in [7, 11) is -2.04. The second-order valence-corrected chi connectivity index (χ2v) is 27.9. The van der Waals surface area contributed by atoms with Gasteiger partial charge in [0.25, 0.3) is 0 Å². The first-order valence-corrected chi connectivity index (χ1v) is 19.6. The molecule has 0 spiro atoms. The summed E-state index contributed by atoms with van der Waals surface area (Å²) < 4.78 is 1.89. The molecule has 0 heterocycles. The van der Waals surface area contributed by atoms with Gasteiger partial charge < -0.3 is 0 Å². The van der Waals surface area contributed by atoms with E-state index in [1.807, 2.05) is 3.50 Å². The Morgan fingerprint density at radius 3 is 1.81 bits per heavy atom. The molecule has 0 aliphatic rings. The molecule has 0 saturated heterocycles. The zero-order valence-electron chi connectivity index (χ0n) is 12.3. The summed E-state index contributed by atoms with van der Waals surface area (Å²) in [6, 6.07) is 0. The Morgan fingerprint density at radius 1 is 1.00 bits per heavy atom. The molecule has 0 unspecified atom stereocenters. The van der Waals surface area contributed by atoms with Gasteiger partial charge in [0.05, 0.1) is 0 Å². The van der Waals surface area contributed by atoms with Crippen molar-refractivity contribution in [1.82, 2.24) is 0 Å². The molecule has 16 heavy (non-hydrogen) atoms. The molecular weight excluding hydrogens is 276 g/mol. The van der Waals surface area contributed by atoms with Gasteiger partial charge in [-0.2, -0.15) is 0 Å². The predicted octanol–water partition coefficient (Wildman–Crippen LogP) is 4.25. The van der Waals surface area contributed by atoms with Crippen molar-refractivity contribution in [3.63, 3.8) is 0 Å². The van der Waals surface area contributed by atoms with Gasteiger partial charge in [-0.25, -0.2) is 0 Å². The van der Waals surface area contributed by atoms with E-state index in [2.05, 4.69) is 70.2 Å². The van der Waals surface area contributed by atoms with Crippen LogP contribution in [0.25, 0.3) is 0 Å². The minimum absolute atomic E-state index is 0.247. The Bertz CT molecular complexity index is 267. The fourth-order valence-corrected chi connectivity index (χ4v) is 18.1. The summed E-state index contributed by atoms with van der Waals surface area (Å²) in [6.07, 6.45) is 4.87. The van der Waals surface area contributed by atoms with Gasteiger partial charge in [-0.05, 0) is 0 Å². The summed E-state index contributed by atoms with van der Waals surface area (Å²) in [5, 5.41) is 0. The number of hydrogen-bond donors (Lipinski definition) is 0. The van der Waals surface area contributed by atoms with Crippen LogP contribution in [0.15, 0.2) is 21.4 Å². The first-order chi connectivity index (χ1) is 7.02. The molecule has 0 bridgehead atoms. The second kappa shape index (κ2) is 6.69. The third-order valence-corrected chi connectivity index (χ3v) is 15.7. The molecule has 0 fully saturated rings. The van der Waals surface area contributed by atoms with E-state index in [0.29, 0.717) is 0 Å². The van der Waals surface area contributed by atoms with Crippen LogP contribution in [0.1, 0.15) is 0 Å². The summed E-state index contributed by atoms with van der Waals surface area (Å²) in [5.74, 6) is 0. The molecule has 0 radical (unpaired) electrons. The zero-order valence-corrected chi connectivity index (χ0v) is 17.0. The van der Waals surface area contributed by atoms with Gasteiger partial charge in [0.1, 0.15) is 0 Å². The first kappa shape index (κ1) is 16.8. The topological polar surface area (TPSA) is 0 Å². The molecule has 4 heteroatoms. The Labute approximate surface area is 114 Å². The van der Waals surface area contributed by atoms with E-state index in [4.69, 9.17) is 0 Å². The summed E-state index contributed by atoms with van der Waals surface area (Å²) in [6.45, 7) is 19.4. The normalized spacial score (nSPS) is 14.9. The van der Waals surface area contributed by atoms with Crippen molar-refractivity contribution in [3.8, 4) is 0 Å². The Hall–Kier alpha value is 0.845.